The number of Topliss-reactive ketones (excluding diaryl/α,β-unsaturated/α-hetero) is 1. The lowest BCUT2D eigenvalue weighted by Gasteiger charge is -2.36. The molecule has 0 saturated carbocycles. The van der Waals surface area contributed by atoms with Gasteiger partial charge in [0.1, 0.15) is 5.82 Å². The molecule has 0 radical (unpaired) electrons. The summed E-state index contributed by atoms with van der Waals surface area (Å²) >= 11 is 1.63. The first-order chi connectivity index (χ1) is 17.4. The Balaban J connectivity index is 1.59. The smallest absolute Gasteiger partial charge is 0.254 e. The predicted molar refractivity (Wildman–Crippen MR) is 137 cm³/mol. The minimum atomic E-state index is -0.659. The number of aromatic hydroxyl groups is 1. The average molecular weight is 505 g/mol. The number of allylic oxidation sites excluding steroid dienone is 3. The molecular formula is C28H25FN2O4S. The number of hydrogen-bond acceptors (Lipinski definition) is 6. The fourth-order valence-corrected chi connectivity index (χ4v) is 5.83. The van der Waals surface area contributed by atoms with Gasteiger partial charge in [0.05, 0.1) is 7.11 Å². The second-order valence-electron chi connectivity index (χ2n) is 8.92. The van der Waals surface area contributed by atoms with Crippen molar-refractivity contribution >= 4 is 28.7 Å². The quantitative estimate of drug-likeness (QED) is 0.421. The highest BCUT2D eigenvalue weighted by atomic mass is 32.1. The Morgan fingerprint density at radius 1 is 1.17 bits per heavy atom. The molecule has 0 fully saturated rings. The third-order valence-corrected chi connectivity index (χ3v) is 7.69. The molecule has 2 heterocycles. The molecule has 8 heteroatoms. The molecule has 1 aliphatic carbocycles. The first kappa shape index (κ1) is 23.8. The number of thiophene rings is 1. The Labute approximate surface area is 212 Å². The second kappa shape index (κ2) is 9.62. The summed E-state index contributed by atoms with van der Waals surface area (Å²) in [5, 5.41) is 18.4. The van der Waals surface area contributed by atoms with Gasteiger partial charge in [-0.1, -0.05) is 12.1 Å². The van der Waals surface area contributed by atoms with E-state index in [0.717, 1.165) is 10.6 Å². The number of halogens is 1. The monoisotopic (exact) mass is 504 g/mol. The molecule has 1 aromatic heterocycles. The molecule has 2 aromatic carbocycles. The number of carbonyl (C=O) groups is 2. The van der Waals surface area contributed by atoms with E-state index in [2.05, 4.69) is 10.6 Å². The zero-order chi connectivity index (χ0) is 25.4. The number of rotatable bonds is 5. The maximum absolute atomic E-state index is 13.6. The van der Waals surface area contributed by atoms with Crippen LogP contribution in [0.3, 0.4) is 0 Å². The number of phenols is 1. The van der Waals surface area contributed by atoms with Crippen molar-refractivity contribution in [2.45, 2.75) is 31.6 Å². The third kappa shape index (κ3) is 4.40. The van der Waals surface area contributed by atoms with Gasteiger partial charge in [-0.3, -0.25) is 9.59 Å². The van der Waals surface area contributed by atoms with Gasteiger partial charge in [-0.25, -0.2) is 4.39 Å². The van der Waals surface area contributed by atoms with E-state index in [9.17, 15) is 19.1 Å². The van der Waals surface area contributed by atoms with Crippen molar-refractivity contribution in [1.29, 1.82) is 0 Å². The zero-order valence-corrected chi connectivity index (χ0v) is 20.6. The number of ketones is 1. The number of ether oxygens (including phenoxy) is 1. The van der Waals surface area contributed by atoms with Crippen LogP contribution in [0.5, 0.6) is 11.5 Å². The molecular weight excluding hydrogens is 479 g/mol. The van der Waals surface area contributed by atoms with Crippen LogP contribution < -0.4 is 15.4 Å². The maximum Gasteiger partial charge on any atom is 0.254 e. The molecule has 1 amide bonds. The highest BCUT2D eigenvalue weighted by Gasteiger charge is 2.41. The molecule has 0 saturated heterocycles. The van der Waals surface area contributed by atoms with Crippen LogP contribution in [0.1, 0.15) is 42.0 Å². The largest absolute Gasteiger partial charge is 0.504 e. The topological polar surface area (TPSA) is 87.7 Å². The molecule has 1 aliphatic heterocycles. The summed E-state index contributed by atoms with van der Waals surface area (Å²) in [5.74, 6) is -1.20. The van der Waals surface area contributed by atoms with E-state index in [0.29, 0.717) is 40.9 Å². The molecule has 0 unspecified atom stereocenters. The van der Waals surface area contributed by atoms with Crippen LogP contribution in [0.15, 0.2) is 82.5 Å². The van der Waals surface area contributed by atoms with Gasteiger partial charge in [0.2, 0.25) is 0 Å². The highest BCUT2D eigenvalue weighted by molar-refractivity contribution is 7.10. The van der Waals surface area contributed by atoms with Crippen LogP contribution in [0, 0.1) is 5.82 Å². The second-order valence-corrected chi connectivity index (χ2v) is 9.90. The maximum atomic E-state index is 13.6. The van der Waals surface area contributed by atoms with Crippen LogP contribution in [0.2, 0.25) is 0 Å². The molecule has 3 aromatic rings. The van der Waals surface area contributed by atoms with E-state index < -0.39 is 17.6 Å². The average Bonchev–Trinajstić information content (AvgIpc) is 3.40. The van der Waals surface area contributed by atoms with E-state index in [1.807, 2.05) is 24.4 Å². The molecule has 2 atom stereocenters. The summed E-state index contributed by atoms with van der Waals surface area (Å²) < 4.78 is 18.7. The Hall–Kier alpha value is -3.91. The Kier molecular flexibility index (Phi) is 6.36. The number of dihydropyridines is 1. The van der Waals surface area contributed by atoms with Crippen molar-refractivity contribution < 1.29 is 23.8 Å². The number of methoxy groups -OCH3 is 1. The van der Waals surface area contributed by atoms with E-state index >= 15 is 0 Å². The summed E-state index contributed by atoms with van der Waals surface area (Å²) in [5.41, 5.74) is 3.46. The van der Waals surface area contributed by atoms with Gasteiger partial charge < -0.3 is 20.5 Å². The van der Waals surface area contributed by atoms with Crippen molar-refractivity contribution in [3.63, 3.8) is 0 Å². The third-order valence-electron chi connectivity index (χ3n) is 6.66. The highest BCUT2D eigenvalue weighted by Crippen LogP contribution is 2.47. The number of amides is 1. The van der Waals surface area contributed by atoms with E-state index in [-0.39, 0.29) is 23.2 Å². The molecule has 0 bridgehead atoms. The van der Waals surface area contributed by atoms with E-state index in [4.69, 9.17) is 4.74 Å². The Morgan fingerprint density at radius 3 is 2.64 bits per heavy atom. The predicted octanol–water partition coefficient (Wildman–Crippen LogP) is 5.60. The minimum absolute atomic E-state index is 0.0289. The van der Waals surface area contributed by atoms with Gasteiger partial charge in [0.25, 0.3) is 5.91 Å². The molecule has 3 N–H and O–H groups in total. The summed E-state index contributed by atoms with van der Waals surface area (Å²) in [4.78, 5) is 28.4. The fourth-order valence-electron chi connectivity index (χ4n) is 5.00. The van der Waals surface area contributed by atoms with Gasteiger partial charge >= 0.3 is 0 Å². The lowest BCUT2D eigenvalue weighted by atomic mass is 9.72. The van der Waals surface area contributed by atoms with E-state index in [1.54, 1.807) is 23.5 Å². The number of hydrogen-bond donors (Lipinski definition) is 3. The number of benzene rings is 2. The number of carbonyl (C=O) groups excluding carboxylic acids is 2. The first-order valence-corrected chi connectivity index (χ1v) is 12.4. The van der Waals surface area contributed by atoms with Crippen LogP contribution in [-0.4, -0.2) is 23.9 Å². The van der Waals surface area contributed by atoms with Crippen molar-refractivity contribution in [1.82, 2.24) is 5.32 Å². The SMILES string of the molecule is COc1cc([C@@H]2C(C(=O)Nc3ccc(F)cc3)=C(C)NC3=C2C(=O)C[C@H](c2cccs2)C3)ccc1O. The van der Waals surface area contributed by atoms with Crippen LogP contribution >= 0.6 is 11.3 Å². The summed E-state index contributed by atoms with van der Waals surface area (Å²) in [6.07, 6.45) is 0.996. The Morgan fingerprint density at radius 2 is 1.94 bits per heavy atom. The van der Waals surface area contributed by atoms with Crippen molar-refractivity contribution in [2.75, 3.05) is 12.4 Å². The minimum Gasteiger partial charge on any atom is -0.504 e. The standard InChI is InChI=1S/C28H25FN2O4S/c1-15-25(28(34)31-19-8-6-18(29)7-9-19)26(16-5-10-21(32)23(14-16)35-2)27-20(30-15)12-17(13-22(27)33)24-4-3-11-36-24/h3-11,14,17,26,30,32H,12-13H2,1-2H3,(H,31,34)/t17-,26-/m1/s1. The van der Waals surface area contributed by atoms with Gasteiger partial charge in [0, 0.05) is 51.4 Å². The number of phenolic OH excluding ortho intramolecular Hbond substituents is 1. The van der Waals surface area contributed by atoms with Crippen LogP contribution in [0.25, 0.3) is 0 Å². The molecule has 2 aliphatic rings. The first-order valence-electron chi connectivity index (χ1n) is 11.6. The lowest BCUT2D eigenvalue weighted by Crippen LogP contribution is -2.37. The normalized spacial score (nSPS) is 19.6. The lowest BCUT2D eigenvalue weighted by molar-refractivity contribution is -0.116. The van der Waals surface area contributed by atoms with Crippen molar-refractivity contribution in [3.8, 4) is 11.5 Å². The number of nitrogens with one attached hydrogen (secondary N) is 2. The Bertz CT molecular complexity index is 1390. The number of anilines is 1. The van der Waals surface area contributed by atoms with Crippen molar-refractivity contribution in [2.24, 2.45) is 0 Å². The molecule has 0 spiro atoms. The van der Waals surface area contributed by atoms with Gasteiger partial charge in [-0.15, -0.1) is 11.3 Å². The van der Waals surface area contributed by atoms with Gasteiger partial charge in [-0.05, 0) is 66.8 Å². The van der Waals surface area contributed by atoms with Crippen molar-refractivity contribution in [3.05, 3.63) is 98.8 Å². The summed E-state index contributed by atoms with van der Waals surface area (Å²) in [6, 6.07) is 14.4. The van der Waals surface area contributed by atoms with Crippen LogP contribution in [-0.2, 0) is 9.59 Å². The molecule has 184 valence electrons. The summed E-state index contributed by atoms with van der Waals surface area (Å²) in [6.45, 7) is 1.81. The van der Waals surface area contributed by atoms with Gasteiger partial charge in [-0.2, -0.15) is 0 Å². The zero-order valence-electron chi connectivity index (χ0n) is 19.8. The van der Waals surface area contributed by atoms with E-state index in [1.165, 1.54) is 37.4 Å². The van der Waals surface area contributed by atoms with Gasteiger partial charge in [0.15, 0.2) is 17.3 Å². The van der Waals surface area contributed by atoms with Crippen LogP contribution in [0.4, 0.5) is 10.1 Å². The summed E-state index contributed by atoms with van der Waals surface area (Å²) in [7, 11) is 1.45. The fraction of sp³-hybridized carbons (Fsp3) is 0.214. The molecule has 36 heavy (non-hydrogen) atoms. The molecule has 6 nitrogen and oxygen atoms in total. The molecule has 5 rings (SSSR count).